The third-order valence-corrected chi connectivity index (χ3v) is 8.99. The Morgan fingerprint density at radius 3 is 2.39 bits per heavy atom. The fourth-order valence-corrected chi connectivity index (χ4v) is 6.49. The molecule has 1 heterocycles. The van der Waals surface area contributed by atoms with Crippen molar-refractivity contribution in [2.75, 3.05) is 24.9 Å². The number of amides is 1. The topological polar surface area (TPSA) is 87.5 Å². The number of carbonyl (C=O) groups is 1. The number of imidazole rings is 1. The van der Waals surface area contributed by atoms with Crippen LogP contribution in [0.1, 0.15) is 65.1 Å². The third-order valence-electron chi connectivity index (χ3n) is 7.09. The molecule has 8 nitrogen and oxygen atoms in total. The lowest BCUT2D eigenvalue weighted by atomic mass is 9.86. The molecule has 36 heavy (non-hydrogen) atoms. The molecule has 2 aliphatic carbocycles. The maximum atomic E-state index is 13.7. The molecule has 0 atom stereocenters. The average molecular weight is 526 g/mol. The Labute approximate surface area is 212 Å². The van der Waals surface area contributed by atoms with Gasteiger partial charge in [-0.2, -0.15) is 8.42 Å². The molecule has 0 radical (unpaired) electrons. The van der Waals surface area contributed by atoms with Gasteiger partial charge in [0.25, 0.3) is 5.91 Å². The largest absolute Gasteiger partial charge is 0.328 e. The summed E-state index contributed by atoms with van der Waals surface area (Å²) in [6, 6.07) is 4.97. The summed E-state index contributed by atoms with van der Waals surface area (Å²) >= 11 is 0. The second-order valence-electron chi connectivity index (χ2n) is 11.2. The van der Waals surface area contributed by atoms with E-state index in [9.17, 15) is 22.0 Å². The highest BCUT2D eigenvalue weighted by molar-refractivity contribution is 7.91. The van der Waals surface area contributed by atoms with E-state index in [1.807, 2.05) is 6.07 Å². The van der Waals surface area contributed by atoms with E-state index < -0.39 is 22.0 Å². The molecule has 1 aromatic carbocycles. The van der Waals surface area contributed by atoms with Crippen LogP contribution in [0.25, 0.3) is 11.0 Å². The number of hydrogen-bond acceptors (Lipinski definition) is 5. The highest BCUT2D eigenvalue weighted by atomic mass is 32.2. The van der Waals surface area contributed by atoms with Gasteiger partial charge in [-0.3, -0.25) is 9.10 Å². The van der Waals surface area contributed by atoms with Crippen LogP contribution >= 0.6 is 0 Å². The van der Waals surface area contributed by atoms with Crippen molar-refractivity contribution in [3.8, 4) is 0 Å². The molecule has 0 unspecified atom stereocenters. The lowest BCUT2D eigenvalue weighted by Crippen LogP contribution is -2.49. The van der Waals surface area contributed by atoms with Gasteiger partial charge in [0.15, 0.2) is 0 Å². The van der Waals surface area contributed by atoms with E-state index in [1.54, 1.807) is 19.2 Å². The summed E-state index contributed by atoms with van der Waals surface area (Å²) in [7, 11) is -1.02. The number of nitrogens with zero attached hydrogens (tertiary/aromatic N) is 4. The second kappa shape index (κ2) is 9.55. The fourth-order valence-electron chi connectivity index (χ4n) is 4.94. The van der Waals surface area contributed by atoms with Gasteiger partial charge in [-0.1, -0.05) is 20.8 Å². The number of benzene rings is 1. The van der Waals surface area contributed by atoms with Crippen LogP contribution in [0.5, 0.6) is 0 Å². The summed E-state index contributed by atoms with van der Waals surface area (Å²) in [5, 5.41) is 2.74. The summed E-state index contributed by atoms with van der Waals surface area (Å²) in [5.41, 5.74) is 1.60. The van der Waals surface area contributed by atoms with E-state index in [1.165, 1.54) is 7.05 Å². The molecule has 4 rings (SSSR count). The number of nitrogens with one attached hydrogen (secondary N) is 1. The molecule has 2 aromatic rings. The van der Waals surface area contributed by atoms with Gasteiger partial charge >= 0.3 is 10.2 Å². The van der Waals surface area contributed by atoms with Gasteiger partial charge in [0.1, 0.15) is 5.82 Å². The minimum absolute atomic E-state index is 0.0605. The van der Waals surface area contributed by atoms with E-state index in [-0.39, 0.29) is 36.8 Å². The smallest absolute Gasteiger partial charge is 0.327 e. The SMILES string of the molecule is CNCC(=O)N(C1CC1)S(=O)(=O)N(C)c1ccc2c(c1)nc(C(C)(C)C)n2CC1CCC(F)(F)CC1. The number of carbonyl (C=O) groups excluding carboxylic acids is 1. The Kier molecular flexibility index (Phi) is 7.11. The molecule has 0 bridgehead atoms. The zero-order valence-electron chi connectivity index (χ0n) is 21.7. The maximum absolute atomic E-state index is 13.7. The van der Waals surface area contributed by atoms with E-state index in [2.05, 4.69) is 30.7 Å². The quantitative estimate of drug-likeness (QED) is 0.562. The van der Waals surface area contributed by atoms with Crippen molar-refractivity contribution in [1.29, 1.82) is 0 Å². The van der Waals surface area contributed by atoms with Gasteiger partial charge in [-0.05, 0) is 56.8 Å². The molecule has 11 heteroatoms. The van der Waals surface area contributed by atoms with E-state index in [0.717, 1.165) is 20.0 Å². The zero-order valence-corrected chi connectivity index (χ0v) is 22.5. The molecule has 2 fully saturated rings. The Morgan fingerprint density at radius 2 is 1.83 bits per heavy atom. The first-order valence-electron chi connectivity index (χ1n) is 12.6. The van der Waals surface area contributed by atoms with E-state index in [0.29, 0.717) is 43.4 Å². The van der Waals surface area contributed by atoms with Crippen LogP contribution < -0.4 is 9.62 Å². The van der Waals surface area contributed by atoms with E-state index >= 15 is 0 Å². The zero-order chi connectivity index (χ0) is 26.5. The number of hydrogen-bond donors (Lipinski definition) is 1. The van der Waals surface area contributed by atoms with Crippen molar-refractivity contribution in [2.24, 2.45) is 5.92 Å². The van der Waals surface area contributed by atoms with Gasteiger partial charge in [-0.25, -0.2) is 18.1 Å². The number of aromatic nitrogens is 2. The van der Waals surface area contributed by atoms with Crippen molar-refractivity contribution >= 4 is 32.8 Å². The van der Waals surface area contributed by atoms with Gasteiger partial charge in [0.2, 0.25) is 5.92 Å². The molecular weight excluding hydrogens is 488 g/mol. The lowest BCUT2D eigenvalue weighted by molar-refractivity contribution is -0.125. The summed E-state index contributed by atoms with van der Waals surface area (Å²) in [4.78, 5) is 17.5. The highest BCUT2D eigenvalue weighted by Crippen LogP contribution is 2.39. The predicted octanol–water partition coefficient (Wildman–Crippen LogP) is 4.05. The number of likely N-dealkylation sites (N-methyl/N-ethyl adjacent to an activating group) is 1. The number of halogens is 2. The molecule has 2 saturated carbocycles. The molecule has 0 saturated heterocycles. The van der Waals surface area contributed by atoms with Gasteiger partial charge in [0, 0.05) is 37.9 Å². The summed E-state index contributed by atoms with van der Waals surface area (Å²) in [6.07, 6.45) is 2.07. The summed E-state index contributed by atoms with van der Waals surface area (Å²) in [5.74, 6) is -2.09. The number of alkyl halides is 2. The molecule has 1 amide bonds. The second-order valence-corrected chi connectivity index (χ2v) is 13.0. The summed E-state index contributed by atoms with van der Waals surface area (Å²) in [6.45, 7) is 6.70. The minimum Gasteiger partial charge on any atom is -0.327 e. The van der Waals surface area contributed by atoms with Crippen LogP contribution in [0.3, 0.4) is 0 Å². The normalized spacial score (nSPS) is 19.0. The third kappa shape index (κ3) is 5.37. The van der Waals surface area contributed by atoms with Crippen molar-refractivity contribution in [3.63, 3.8) is 0 Å². The number of fused-ring (bicyclic) bond motifs is 1. The Morgan fingerprint density at radius 1 is 1.19 bits per heavy atom. The van der Waals surface area contributed by atoms with Crippen molar-refractivity contribution in [1.82, 2.24) is 19.2 Å². The van der Waals surface area contributed by atoms with Gasteiger partial charge in [-0.15, -0.1) is 0 Å². The van der Waals surface area contributed by atoms with Gasteiger partial charge in [0.05, 0.1) is 23.3 Å². The molecule has 2 aliphatic rings. The molecule has 200 valence electrons. The van der Waals surface area contributed by atoms with Crippen LogP contribution in [-0.2, 0) is 27.0 Å². The Bertz CT molecular complexity index is 1220. The minimum atomic E-state index is -4.07. The van der Waals surface area contributed by atoms with E-state index in [4.69, 9.17) is 4.98 Å². The Balaban J connectivity index is 1.67. The fraction of sp³-hybridized carbons (Fsp3) is 0.680. The molecule has 0 spiro atoms. The standard InChI is InChI=1S/C25H37F2N5O3S/c1-24(2,3)23-29-20-14-19(30(5)36(34,35)32(18-6-7-18)22(33)15-28-4)8-9-21(20)31(23)16-17-10-12-25(26,27)13-11-17/h8-9,14,17-18,28H,6-7,10-13,15-16H2,1-5H3. The molecule has 0 aliphatic heterocycles. The number of anilines is 1. The van der Waals surface area contributed by atoms with Crippen LogP contribution in [-0.4, -0.2) is 60.8 Å². The number of rotatable bonds is 8. The monoisotopic (exact) mass is 525 g/mol. The van der Waals surface area contributed by atoms with Crippen molar-refractivity contribution in [3.05, 3.63) is 24.0 Å². The summed E-state index contributed by atoms with van der Waals surface area (Å²) < 4.78 is 58.5. The van der Waals surface area contributed by atoms with Gasteiger partial charge < -0.3 is 9.88 Å². The highest BCUT2D eigenvalue weighted by Gasteiger charge is 2.42. The predicted molar refractivity (Wildman–Crippen MR) is 136 cm³/mol. The molecular formula is C25H37F2N5O3S. The van der Waals surface area contributed by atoms with Crippen LogP contribution in [0.15, 0.2) is 18.2 Å². The van der Waals surface area contributed by atoms with Crippen molar-refractivity contribution < 1.29 is 22.0 Å². The van der Waals surface area contributed by atoms with Crippen LogP contribution in [0.2, 0.25) is 0 Å². The molecule has 1 aromatic heterocycles. The average Bonchev–Trinajstić information content (AvgIpc) is 3.54. The first-order valence-corrected chi connectivity index (χ1v) is 14.0. The lowest BCUT2D eigenvalue weighted by Gasteiger charge is -2.30. The first-order chi connectivity index (χ1) is 16.7. The Hall–Kier alpha value is -2.27. The van der Waals surface area contributed by atoms with Crippen molar-refractivity contribution in [2.45, 2.75) is 83.2 Å². The maximum Gasteiger partial charge on any atom is 0.328 e. The van der Waals surface area contributed by atoms with Crippen LogP contribution in [0.4, 0.5) is 14.5 Å². The molecule has 1 N–H and O–H groups in total. The van der Waals surface area contributed by atoms with Crippen LogP contribution in [0, 0.1) is 5.92 Å². The first kappa shape index (κ1) is 26.8.